The van der Waals surface area contributed by atoms with E-state index in [1.165, 1.54) is 73.7 Å². The summed E-state index contributed by atoms with van der Waals surface area (Å²) in [6.45, 7) is 0. The Morgan fingerprint density at radius 3 is 0.371 bits per heavy atom. The summed E-state index contributed by atoms with van der Waals surface area (Å²) in [6.07, 6.45) is 0.408. The minimum atomic E-state index is -2.33. The fourth-order valence-corrected chi connectivity index (χ4v) is 4.56. The molecule has 0 saturated carbocycles. The molecule has 28 N–H and O–H groups in total. The molecule has 6 radical (unpaired) electrons. The second-order valence-electron chi connectivity index (χ2n) is 13.2. The number of carbonyl (C=O) groups excluding carboxylic acids is 6. The monoisotopic (exact) mass is 2790 g/mol. The zero-order valence-corrected chi connectivity index (χ0v) is 83.8. The number of hydrogen-bond acceptors (Lipinski definition) is 41. The number of aliphatic hydroxyl groups excluding tert-OH is 16. The molecule has 0 aromatic heterocycles. The van der Waals surface area contributed by atoms with Crippen molar-refractivity contribution >= 4 is 73.8 Å². The van der Waals surface area contributed by atoms with E-state index < -0.39 is 36.6 Å². The molecule has 0 heterocycles. The van der Waals surface area contributed by atoms with Crippen LogP contribution in [0.2, 0.25) is 0 Å². The van der Waals surface area contributed by atoms with Crippen molar-refractivity contribution in [3.05, 3.63) is 179 Å². The van der Waals surface area contributed by atoms with Gasteiger partial charge in [-0.3, -0.25) is 0 Å². The van der Waals surface area contributed by atoms with E-state index in [0.29, 0.717) is 33.4 Å². The molecule has 124 heavy (non-hydrogen) atoms. The molecular formula is C64H106Cl5Dy6N12O37+. The number of rotatable bonds is 12. The van der Waals surface area contributed by atoms with Gasteiger partial charge in [-0.1, -0.05) is 180 Å². The smallest absolute Gasteiger partial charge is 1.00 e. The predicted octanol–water partition coefficient (Wildman–Crippen LogP) is -29.0. The summed E-state index contributed by atoms with van der Waals surface area (Å²) in [5.41, 5.74) is 15.0. The first-order valence-corrected chi connectivity index (χ1v) is 27.9. The number of nitrogens with zero attached hydrogens (tertiary/aromatic N) is 6. The average Bonchev–Trinajstić information content (AvgIpc) is 0.886. The predicted molar refractivity (Wildman–Crippen MR) is 393 cm³/mol. The molecule has 6 rings (SSSR count). The number of hydrazone groups is 6. The molecule has 0 unspecified atom stereocenters. The maximum absolute atomic E-state index is 11.4. The zero-order valence-electron chi connectivity index (χ0n) is 67.8. The number of halogens is 5. The summed E-state index contributed by atoms with van der Waals surface area (Å²) in [5.74, 6) is -1.17. The molecule has 0 spiro atoms. The van der Waals surface area contributed by atoms with Crippen LogP contribution in [0.4, 0.5) is 28.8 Å². The average molecular weight is 2790 g/mol. The van der Waals surface area contributed by atoms with Crippen LogP contribution in [0.25, 0.3) is 0 Å². The van der Waals surface area contributed by atoms with Gasteiger partial charge in [-0.05, 0) is 51.8 Å². The maximum Gasteiger partial charge on any atom is 3.00 e. The molecule has 0 saturated heterocycles. The van der Waals surface area contributed by atoms with E-state index in [0.717, 1.165) is 114 Å². The Balaban J connectivity index is -0.0000000296. The number of para-hydroxylation sites is 6. The molecule has 0 aliphatic carbocycles. The van der Waals surface area contributed by atoms with Gasteiger partial charge in [-0.15, -0.1) is 0 Å². The van der Waals surface area contributed by atoms with Crippen molar-refractivity contribution in [1.82, 2.24) is 32.6 Å². The second kappa shape index (κ2) is 196. The van der Waals surface area contributed by atoms with Crippen LogP contribution < -0.4 is 156 Å². The third kappa shape index (κ3) is 168. The van der Waals surface area contributed by atoms with Gasteiger partial charge in [0.2, 0.25) is 0 Å². The van der Waals surface area contributed by atoms with E-state index in [1.807, 2.05) is 0 Å². The molecule has 0 atom stereocenters. The van der Waals surface area contributed by atoms with Gasteiger partial charge in [-0.2, -0.15) is 30.6 Å². The van der Waals surface area contributed by atoms with Gasteiger partial charge < -0.3 is 236 Å². The number of hydrogen-bond donors (Lipinski definition) is 22. The minimum Gasteiger partial charge on any atom is -1.00 e. The van der Waals surface area contributed by atoms with Crippen molar-refractivity contribution in [2.24, 2.45) is 30.6 Å². The molecule has 738 valence electrons. The minimum absolute atomic E-state index is 0. The van der Waals surface area contributed by atoms with Crippen LogP contribution in [0, 0.1) is 229 Å². The summed E-state index contributed by atoms with van der Waals surface area (Å²) in [7, 11) is 16.0. The Morgan fingerprint density at radius 2 is 0.298 bits per heavy atom. The van der Waals surface area contributed by atoms with Crippen LogP contribution in [-0.4, -0.2) is 280 Å². The first-order valence-electron chi connectivity index (χ1n) is 27.9. The summed E-state index contributed by atoms with van der Waals surface area (Å²) in [4.78, 5) is 59.2. The first-order chi connectivity index (χ1) is 53.2. The van der Waals surface area contributed by atoms with Crippen LogP contribution in [0.5, 0.6) is 34.5 Å². The topological polar surface area (TPSA) is 944 Å². The molecule has 6 aromatic rings. The van der Waals surface area contributed by atoms with Crippen molar-refractivity contribution in [3.63, 3.8) is 0 Å². The number of carbonyl (C=O) groups is 6. The molecule has 0 aliphatic heterocycles. The molecule has 0 aliphatic rings. The summed E-state index contributed by atoms with van der Waals surface area (Å²) < 4.78 is 0. The van der Waals surface area contributed by atoms with Crippen LogP contribution in [-0.2, 0) is 5.48 Å². The van der Waals surface area contributed by atoms with Crippen molar-refractivity contribution in [1.29, 1.82) is 0 Å². The molecule has 6 aromatic carbocycles. The van der Waals surface area contributed by atoms with E-state index in [1.54, 1.807) is 109 Å². The molecule has 0 bridgehead atoms. The number of carboxylic acid groups (broad SMARTS) is 6. The van der Waals surface area contributed by atoms with Gasteiger partial charge in [-0.25, -0.2) is 46.9 Å². The van der Waals surface area contributed by atoms with Crippen LogP contribution in [0.3, 0.4) is 0 Å². The number of benzene rings is 6. The van der Waals surface area contributed by atoms with Crippen molar-refractivity contribution < 1.29 is 479 Å². The van der Waals surface area contributed by atoms with Crippen LogP contribution >= 0.6 is 0 Å². The van der Waals surface area contributed by atoms with Gasteiger partial charge >= 0.3 is 247 Å². The van der Waals surface area contributed by atoms with Gasteiger partial charge in [0.05, 0.1) is 37.3 Å². The Hall–Kier alpha value is -3.91. The van der Waals surface area contributed by atoms with E-state index in [9.17, 15) is 45.0 Å². The van der Waals surface area contributed by atoms with E-state index >= 15 is 0 Å². The standard InChI is InChI=1S/3C15H14N4O3.3CH2O3.16CH4O.5ClH.6Dy.3H2O/c3*20-13-7-3-1-5-11(13)9-16-18-15(22)19-17-10-12-6-2-4-8-14(12)21;3*2-1(3)4;16*1-2;;;;;;;;;;;;;;/h3*1-10,20-21H,(H2,18,19,22);3*(H2,2,3,4);16*2H,1H3;5*1H;;;;;;;3*1H2/q;;;;;;;;;;;;;;;;;;;;;;;;;;;6*+3;;;/p-17/b3*16-9+,17-10+;;;;;;;;;;;;;;;;;;;;;;;;;;;;;;;;;. The third-order valence-electron chi connectivity index (χ3n) is 7.73. The second-order valence-corrected chi connectivity index (χ2v) is 13.2. The van der Waals surface area contributed by atoms with Gasteiger partial charge in [0.15, 0.2) is 0 Å². The first kappa shape index (κ1) is 210. The fourth-order valence-electron chi connectivity index (χ4n) is 4.56. The molecule has 6 amide bonds. The van der Waals surface area contributed by atoms with Crippen molar-refractivity contribution in [2.75, 3.05) is 114 Å². The van der Waals surface area contributed by atoms with E-state index in [4.69, 9.17) is 127 Å². The Kier molecular flexibility index (Phi) is 331. The third-order valence-corrected chi connectivity index (χ3v) is 7.73. The SMILES string of the molecule is CO.CO.CO.CO.CO.CO.CO.CO.CO.CO.CO.CO.CO.CO.CO.CO.O.O=C(N/N=C/c1ccccc1[O-])N/N=C/c1ccccc1[O-].O=C(N/N=C/c1ccccc1[O-])N/N=C/c1ccccc1[O-].O=C(N/N=C/c1ccccc1[O-])N/N=C/c1ccccc1[O-].O=C([O-])[O-].O=C([O-])[O-].O=C([O-])[O-].[Cl-].[Cl-].[Cl-].[Cl-].[Cl-].[Dy+3].[Dy+3].[Dy+3].[Dy+3].[Dy+3].[Dy+3].[OH-].[OH3+]. The molecular weight excluding hydrogens is 2680 g/mol. The summed E-state index contributed by atoms with van der Waals surface area (Å²) in [5, 5.41) is 252. The van der Waals surface area contributed by atoms with E-state index in [-0.39, 0.29) is 342 Å². The Labute approximate surface area is 930 Å². The maximum atomic E-state index is 11.4. The zero-order chi connectivity index (χ0) is 90.1. The van der Waals surface area contributed by atoms with Crippen LogP contribution in [0.15, 0.2) is 176 Å². The number of amides is 6. The number of nitrogens with one attached hydrogen (secondary N) is 6. The fraction of sp³-hybridized carbons (Fsp3) is 0.250. The Bertz CT molecular complexity index is 2660. The normalized spacial score (nSPS) is 7.16. The Morgan fingerprint density at radius 1 is 0.226 bits per heavy atom. The molecule has 0 fully saturated rings. The summed E-state index contributed by atoms with van der Waals surface area (Å²) in [6, 6.07) is 35.6. The molecule has 60 heteroatoms. The largest absolute Gasteiger partial charge is 3.00 e. The summed E-state index contributed by atoms with van der Waals surface area (Å²) >= 11 is 0. The van der Waals surface area contributed by atoms with Crippen molar-refractivity contribution in [3.8, 4) is 34.5 Å². The van der Waals surface area contributed by atoms with Crippen molar-refractivity contribution in [2.45, 2.75) is 0 Å². The van der Waals surface area contributed by atoms with Crippen LogP contribution in [0.1, 0.15) is 33.4 Å². The molecule has 49 nitrogen and oxygen atoms in total. The number of aliphatic hydroxyl groups is 16. The van der Waals surface area contributed by atoms with Gasteiger partial charge in [0.25, 0.3) is 0 Å². The quantitative estimate of drug-likeness (QED) is 0.0307. The van der Waals surface area contributed by atoms with Gasteiger partial charge in [0.1, 0.15) is 0 Å². The van der Waals surface area contributed by atoms with E-state index in [2.05, 4.69) is 63.2 Å². The number of urea groups is 3. The van der Waals surface area contributed by atoms with Gasteiger partial charge in [0, 0.05) is 114 Å².